The van der Waals surface area contributed by atoms with E-state index in [0.29, 0.717) is 54.5 Å². The fourth-order valence-corrected chi connectivity index (χ4v) is 5.96. The van der Waals surface area contributed by atoms with Gasteiger partial charge < -0.3 is 26.2 Å². The summed E-state index contributed by atoms with van der Waals surface area (Å²) in [6, 6.07) is 18.7. The van der Waals surface area contributed by atoms with Gasteiger partial charge in [-0.1, -0.05) is 56.3 Å². The maximum absolute atomic E-state index is 13.8. The van der Waals surface area contributed by atoms with Crippen LogP contribution in [-0.2, 0) is 27.3 Å². The zero-order valence-corrected chi connectivity index (χ0v) is 29.2. The first-order chi connectivity index (χ1) is 24.6. The van der Waals surface area contributed by atoms with Gasteiger partial charge in [-0.2, -0.15) is 0 Å². The van der Waals surface area contributed by atoms with E-state index in [9.17, 15) is 24.0 Å². The summed E-state index contributed by atoms with van der Waals surface area (Å²) in [6.45, 7) is 6.51. The van der Waals surface area contributed by atoms with Gasteiger partial charge in [0.1, 0.15) is 18.1 Å². The van der Waals surface area contributed by atoms with E-state index in [-0.39, 0.29) is 30.7 Å². The van der Waals surface area contributed by atoms with Crippen molar-refractivity contribution in [3.05, 3.63) is 107 Å². The normalized spacial score (nSPS) is 19.8. The van der Waals surface area contributed by atoms with Crippen molar-refractivity contribution >= 4 is 40.6 Å². The van der Waals surface area contributed by atoms with Crippen molar-refractivity contribution in [2.75, 3.05) is 13.1 Å². The van der Waals surface area contributed by atoms with Crippen molar-refractivity contribution in [3.8, 4) is 0 Å². The zero-order chi connectivity index (χ0) is 36.3. The van der Waals surface area contributed by atoms with Crippen LogP contribution in [-0.4, -0.2) is 75.6 Å². The molecular weight excluding hydrogens is 646 g/mol. The van der Waals surface area contributed by atoms with Gasteiger partial charge in [0.25, 0.3) is 11.8 Å². The Bertz CT molecular complexity index is 1850. The van der Waals surface area contributed by atoms with Crippen LogP contribution in [0.25, 0.3) is 11.0 Å². The van der Waals surface area contributed by atoms with Gasteiger partial charge in [-0.3, -0.25) is 33.9 Å². The molecule has 12 heteroatoms. The highest BCUT2D eigenvalue weighted by molar-refractivity contribution is 5.99. The Morgan fingerprint density at radius 1 is 0.804 bits per heavy atom. The highest BCUT2D eigenvalue weighted by Crippen LogP contribution is 2.17. The summed E-state index contributed by atoms with van der Waals surface area (Å²) < 4.78 is 0. The van der Waals surface area contributed by atoms with Crippen LogP contribution in [0.4, 0.5) is 0 Å². The molecule has 2 aliphatic rings. The number of nitrogens with zero attached hydrogens (tertiary/aromatic N) is 3. The van der Waals surface area contributed by atoms with Crippen LogP contribution in [0.2, 0.25) is 0 Å². The number of fused-ring (bicyclic) bond motifs is 19. The Balaban J connectivity index is 1.42. The maximum Gasteiger partial charge on any atom is 0.254 e. The third-order valence-electron chi connectivity index (χ3n) is 8.74. The second-order valence-electron chi connectivity index (χ2n) is 13.3. The molecule has 0 saturated heterocycles. The Morgan fingerprint density at radius 3 is 2.24 bits per heavy atom. The lowest BCUT2D eigenvalue weighted by molar-refractivity contribution is -0.132. The van der Waals surface area contributed by atoms with Gasteiger partial charge in [-0.05, 0) is 73.6 Å². The molecule has 0 saturated carbocycles. The molecule has 266 valence electrons. The minimum Gasteiger partial charge on any atom is -0.354 e. The molecule has 4 N–H and O–H groups in total. The molecule has 0 radical (unpaired) electrons. The summed E-state index contributed by atoms with van der Waals surface area (Å²) in [7, 11) is 0. The van der Waals surface area contributed by atoms with E-state index in [1.54, 1.807) is 66.7 Å². The molecule has 3 atom stereocenters. The number of carbonyl (C=O) groups is 5. The molecule has 4 aromatic rings. The van der Waals surface area contributed by atoms with Gasteiger partial charge in [0.2, 0.25) is 17.7 Å². The lowest BCUT2D eigenvalue weighted by atomic mass is 10.0. The SMILES string of the molecule is CC(C)C[C@@H]1NC(=O)[C@@H](Cc2ccccc2)NC(=O)c2ccc(cc2)CN(C(=O)c2ccc3nccnc3c2)CCCCNC(=O)[C@@H](C)NC1=O. The molecule has 0 spiro atoms. The van der Waals surface area contributed by atoms with E-state index in [2.05, 4.69) is 31.2 Å². The van der Waals surface area contributed by atoms with Crippen LogP contribution in [0.5, 0.6) is 0 Å². The minimum absolute atomic E-state index is 0.0571. The van der Waals surface area contributed by atoms with Gasteiger partial charge >= 0.3 is 0 Å². The highest BCUT2D eigenvalue weighted by atomic mass is 16.2. The number of aromatic nitrogens is 2. The summed E-state index contributed by atoms with van der Waals surface area (Å²) >= 11 is 0. The monoisotopic (exact) mass is 691 g/mol. The first-order valence-electron chi connectivity index (χ1n) is 17.4. The van der Waals surface area contributed by atoms with E-state index in [1.807, 2.05) is 44.2 Å². The second kappa shape index (κ2) is 17.3. The molecule has 3 aromatic carbocycles. The number of amides is 5. The Hall–Kier alpha value is -5.65. The number of nitrogens with one attached hydrogen (secondary N) is 4. The molecule has 0 aliphatic carbocycles. The number of hydrogen-bond donors (Lipinski definition) is 4. The average molecular weight is 692 g/mol. The quantitative estimate of drug-likeness (QED) is 0.233. The van der Waals surface area contributed by atoms with Crippen molar-refractivity contribution in [2.45, 2.75) is 71.1 Å². The largest absolute Gasteiger partial charge is 0.354 e. The molecule has 5 amide bonds. The molecule has 51 heavy (non-hydrogen) atoms. The fourth-order valence-electron chi connectivity index (χ4n) is 5.96. The first kappa shape index (κ1) is 36.6. The fraction of sp³-hybridized carbons (Fsp3) is 0.359. The summed E-state index contributed by atoms with van der Waals surface area (Å²) in [6.07, 6.45) is 4.91. The lowest BCUT2D eigenvalue weighted by Gasteiger charge is -2.25. The van der Waals surface area contributed by atoms with Crippen molar-refractivity contribution < 1.29 is 24.0 Å². The van der Waals surface area contributed by atoms with Gasteiger partial charge in [0.05, 0.1) is 11.0 Å². The van der Waals surface area contributed by atoms with Crippen LogP contribution in [0.3, 0.4) is 0 Å². The van der Waals surface area contributed by atoms with E-state index in [0.717, 1.165) is 11.1 Å². The van der Waals surface area contributed by atoms with Gasteiger partial charge in [0.15, 0.2) is 0 Å². The molecule has 12 nitrogen and oxygen atoms in total. The van der Waals surface area contributed by atoms with Crippen LogP contribution in [0.15, 0.2) is 85.2 Å². The van der Waals surface area contributed by atoms with E-state index in [1.165, 1.54) is 0 Å². The molecule has 2 bridgehead atoms. The molecule has 0 unspecified atom stereocenters. The predicted octanol–water partition coefficient (Wildman–Crippen LogP) is 3.56. The lowest BCUT2D eigenvalue weighted by Crippen LogP contribution is -2.57. The third-order valence-corrected chi connectivity index (χ3v) is 8.74. The number of rotatable bonds is 5. The Labute approximate surface area is 297 Å². The number of hydrogen-bond acceptors (Lipinski definition) is 7. The molecule has 0 fully saturated rings. The van der Waals surface area contributed by atoms with Crippen molar-refractivity contribution in [2.24, 2.45) is 5.92 Å². The molecule has 2 aliphatic heterocycles. The standard InChI is InChI=1S/C39H45N7O5/c1-25(2)21-33-37(49)43-26(3)35(47)42-17-7-8-20-46(39(51)30-15-16-31-32(23-30)41-19-18-40-31)24-28-11-13-29(14-12-28)36(48)44-34(38(50)45-33)22-27-9-5-4-6-10-27/h4-6,9-16,18-19,23,25-26,33-34H,7-8,17,20-22,24H2,1-3H3,(H,42,47)(H,43,49)(H,44,48)(H,45,50)/t26-,33+,34-/m1/s1. The van der Waals surface area contributed by atoms with Crippen LogP contribution < -0.4 is 21.3 Å². The second-order valence-corrected chi connectivity index (χ2v) is 13.3. The van der Waals surface area contributed by atoms with Gasteiger partial charge in [-0.25, -0.2) is 0 Å². The van der Waals surface area contributed by atoms with E-state index >= 15 is 0 Å². The summed E-state index contributed by atoms with van der Waals surface area (Å²) in [5, 5.41) is 11.3. The van der Waals surface area contributed by atoms with Gasteiger partial charge in [0, 0.05) is 49.6 Å². The van der Waals surface area contributed by atoms with Crippen molar-refractivity contribution in [1.29, 1.82) is 0 Å². The first-order valence-corrected chi connectivity index (χ1v) is 17.4. The van der Waals surface area contributed by atoms with Crippen LogP contribution in [0, 0.1) is 5.92 Å². The molecule has 6 rings (SSSR count). The van der Waals surface area contributed by atoms with Crippen LogP contribution in [0.1, 0.15) is 71.9 Å². The average Bonchev–Trinajstić information content (AvgIpc) is 3.13. The highest BCUT2D eigenvalue weighted by Gasteiger charge is 2.29. The third kappa shape index (κ3) is 10.2. The predicted molar refractivity (Wildman–Crippen MR) is 193 cm³/mol. The van der Waals surface area contributed by atoms with Gasteiger partial charge in [-0.15, -0.1) is 0 Å². The van der Waals surface area contributed by atoms with E-state index < -0.39 is 35.8 Å². The minimum atomic E-state index is -0.989. The number of carbonyl (C=O) groups excluding carboxylic acids is 5. The van der Waals surface area contributed by atoms with Crippen LogP contribution >= 0.6 is 0 Å². The Morgan fingerprint density at radius 2 is 1.51 bits per heavy atom. The summed E-state index contributed by atoms with van der Waals surface area (Å²) in [4.78, 5) is 77.9. The smallest absolute Gasteiger partial charge is 0.254 e. The molecular formula is C39H45N7O5. The Kier molecular flexibility index (Phi) is 12.4. The topological polar surface area (TPSA) is 162 Å². The number of benzene rings is 3. The van der Waals surface area contributed by atoms with Crippen molar-refractivity contribution in [1.82, 2.24) is 36.1 Å². The molecule has 3 heterocycles. The molecule has 1 aromatic heterocycles. The summed E-state index contributed by atoms with van der Waals surface area (Å²) in [5.74, 6) is -1.94. The summed E-state index contributed by atoms with van der Waals surface area (Å²) in [5.41, 5.74) is 3.76. The van der Waals surface area contributed by atoms with Crippen molar-refractivity contribution in [3.63, 3.8) is 0 Å². The zero-order valence-electron chi connectivity index (χ0n) is 29.2. The maximum atomic E-state index is 13.8. The van der Waals surface area contributed by atoms with E-state index in [4.69, 9.17) is 0 Å².